The Morgan fingerprint density at radius 3 is 2.14 bits per heavy atom. The molecule has 1 saturated heterocycles. The second-order valence-electron chi connectivity index (χ2n) is 6.32. The number of benzene rings is 1. The van der Waals surface area contributed by atoms with E-state index < -0.39 is 5.92 Å². The van der Waals surface area contributed by atoms with Crippen molar-refractivity contribution >= 4 is 17.5 Å². The fraction of sp³-hybridized carbons (Fsp3) is 0.619. The minimum Gasteiger partial charge on any atom is -0.396 e. The second-order valence-corrected chi connectivity index (χ2v) is 6.32. The van der Waals surface area contributed by atoms with Crippen LogP contribution in [0.3, 0.4) is 0 Å². The van der Waals surface area contributed by atoms with E-state index in [2.05, 4.69) is 5.43 Å². The molecular formula is C21H36N2O5. The number of rotatable bonds is 8. The SMILES string of the molecule is CC(O)CCO.CCCCC1C(=O)NN(c2ccccc2)C1=O.CCOCC. The van der Waals surface area contributed by atoms with Crippen molar-refractivity contribution in [3.8, 4) is 0 Å². The third kappa shape index (κ3) is 10.4. The molecule has 7 nitrogen and oxygen atoms in total. The summed E-state index contributed by atoms with van der Waals surface area (Å²) in [6.45, 7) is 9.44. The van der Waals surface area contributed by atoms with E-state index in [0.717, 1.165) is 26.1 Å². The van der Waals surface area contributed by atoms with Crippen molar-refractivity contribution in [1.82, 2.24) is 5.43 Å². The Morgan fingerprint density at radius 2 is 1.75 bits per heavy atom. The summed E-state index contributed by atoms with van der Waals surface area (Å²) in [4.78, 5) is 23.8. The van der Waals surface area contributed by atoms with Crippen LogP contribution in [0.15, 0.2) is 30.3 Å². The van der Waals surface area contributed by atoms with Gasteiger partial charge < -0.3 is 14.9 Å². The molecule has 1 aromatic carbocycles. The van der Waals surface area contributed by atoms with E-state index in [1.807, 2.05) is 39.0 Å². The lowest BCUT2D eigenvalue weighted by molar-refractivity contribution is -0.127. The number of hydrogen-bond donors (Lipinski definition) is 3. The smallest absolute Gasteiger partial charge is 0.258 e. The van der Waals surface area contributed by atoms with Crippen LogP contribution in [0.25, 0.3) is 0 Å². The van der Waals surface area contributed by atoms with Crippen LogP contribution in [-0.2, 0) is 14.3 Å². The summed E-state index contributed by atoms with van der Waals surface area (Å²) in [5.74, 6) is -0.850. The number of hydrogen-bond acceptors (Lipinski definition) is 5. The number of nitrogens with zero attached hydrogens (tertiary/aromatic N) is 1. The van der Waals surface area contributed by atoms with E-state index in [-0.39, 0.29) is 24.5 Å². The van der Waals surface area contributed by atoms with E-state index in [1.165, 1.54) is 5.01 Å². The maximum Gasteiger partial charge on any atom is 0.258 e. The number of carbonyl (C=O) groups is 2. The van der Waals surface area contributed by atoms with Crippen LogP contribution in [0, 0.1) is 5.92 Å². The van der Waals surface area contributed by atoms with Gasteiger partial charge in [-0.1, -0.05) is 38.0 Å². The molecule has 1 aliphatic heterocycles. The molecular weight excluding hydrogens is 360 g/mol. The van der Waals surface area contributed by atoms with Crippen LogP contribution in [0.5, 0.6) is 0 Å². The molecule has 0 aliphatic carbocycles. The van der Waals surface area contributed by atoms with Gasteiger partial charge in [-0.05, 0) is 45.7 Å². The van der Waals surface area contributed by atoms with Crippen LogP contribution in [0.4, 0.5) is 5.69 Å². The maximum atomic E-state index is 12.1. The largest absolute Gasteiger partial charge is 0.396 e. The van der Waals surface area contributed by atoms with Crippen LogP contribution >= 0.6 is 0 Å². The first-order chi connectivity index (χ1) is 13.4. The maximum absolute atomic E-state index is 12.1. The summed E-state index contributed by atoms with van der Waals surface area (Å²) in [6, 6.07) is 9.17. The second kappa shape index (κ2) is 16.0. The van der Waals surface area contributed by atoms with Gasteiger partial charge in [-0.25, -0.2) is 5.01 Å². The molecule has 1 aliphatic rings. The van der Waals surface area contributed by atoms with Gasteiger partial charge >= 0.3 is 0 Å². The predicted octanol–water partition coefficient (Wildman–Crippen LogP) is 2.66. The number of amides is 2. The molecule has 0 saturated carbocycles. The van der Waals surface area contributed by atoms with E-state index in [1.54, 1.807) is 19.1 Å². The van der Waals surface area contributed by atoms with E-state index in [4.69, 9.17) is 14.9 Å². The molecule has 0 bridgehead atoms. The molecule has 7 heteroatoms. The normalized spacial score (nSPS) is 16.5. The molecule has 160 valence electrons. The van der Waals surface area contributed by atoms with E-state index in [0.29, 0.717) is 18.5 Å². The average Bonchev–Trinajstić information content (AvgIpc) is 2.96. The van der Waals surface area contributed by atoms with Gasteiger partial charge in [0.15, 0.2) is 0 Å². The van der Waals surface area contributed by atoms with Crippen molar-refractivity contribution in [2.75, 3.05) is 24.8 Å². The summed E-state index contributed by atoms with van der Waals surface area (Å²) in [5.41, 5.74) is 3.34. The summed E-state index contributed by atoms with van der Waals surface area (Å²) >= 11 is 0. The number of unbranched alkanes of at least 4 members (excludes halogenated alkanes) is 1. The van der Waals surface area contributed by atoms with Gasteiger partial charge in [-0.2, -0.15) is 0 Å². The number of nitrogens with one attached hydrogen (secondary N) is 1. The molecule has 2 amide bonds. The predicted molar refractivity (Wildman–Crippen MR) is 111 cm³/mol. The van der Waals surface area contributed by atoms with Gasteiger partial charge in [0.1, 0.15) is 5.92 Å². The van der Waals surface area contributed by atoms with Gasteiger partial charge in [-0.3, -0.25) is 15.0 Å². The van der Waals surface area contributed by atoms with E-state index in [9.17, 15) is 9.59 Å². The van der Waals surface area contributed by atoms with Crippen molar-refractivity contribution in [2.45, 2.75) is 59.5 Å². The minimum atomic E-state index is -0.518. The lowest BCUT2D eigenvalue weighted by atomic mass is 10.0. The highest BCUT2D eigenvalue weighted by molar-refractivity contribution is 6.14. The topological polar surface area (TPSA) is 99.1 Å². The number of hydrazine groups is 1. The highest BCUT2D eigenvalue weighted by Crippen LogP contribution is 2.22. The molecule has 0 aromatic heterocycles. The summed E-state index contributed by atoms with van der Waals surface area (Å²) < 4.78 is 4.83. The van der Waals surface area contributed by atoms with E-state index >= 15 is 0 Å². The number of ether oxygens (including phenoxy) is 1. The molecule has 0 spiro atoms. The third-order valence-corrected chi connectivity index (χ3v) is 3.87. The van der Waals surface area contributed by atoms with Crippen LogP contribution < -0.4 is 10.4 Å². The average molecular weight is 397 g/mol. The number of aliphatic hydroxyl groups is 2. The van der Waals surface area contributed by atoms with Crippen LogP contribution in [0.1, 0.15) is 53.4 Å². The van der Waals surface area contributed by atoms with Gasteiger partial charge in [0.05, 0.1) is 11.8 Å². The summed E-state index contributed by atoms with van der Waals surface area (Å²) in [6.07, 6.45) is 2.65. The van der Waals surface area contributed by atoms with Crippen molar-refractivity contribution in [2.24, 2.45) is 5.92 Å². The number of anilines is 1. The Hall–Kier alpha value is -1.96. The first-order valence-corrected chi connectivity index (χ1v) is 9.98. The number of para-hydroxylation sites is 1. The first kappa shape index (κ1) is 26.0. The Kier molecular flexibility index (Phi) is 14.9. The third-order valence-electron chi connectivity index (χ3n) is 3.87. The van der Waals surface area contributed by atoms with Gasteiger partial charge in [0.25, 0.3) is 11.8 Å². The van der Waals surface area contributed by atoms with Crippen molar-refractivity contribution in [1.29, 1.82) is 0 Å². The molecule has 0 radical (unpaired) electrons. The monoisotopic (exact) mass is 396 g/mol. The van der Waals surface area contributed by atoms with Gasteiger partial charge in [0.2, 0.25) is 0 Å². The van der Waals surface area contributed by atoms with Crippen molar-refractivity contribution in [3.05, 3.63) is 30.3 Å². The Balaban J connectivity index is 0.000000550. The zero-order chi connectivity index (χ0) is 21.4. The van der Waals surface area contributed by atoms with Crippen molar-refractivity contribution < 1.29 is 24.5 Å². The number of carbonyl (C=O) groups excluding carboxylic acids is 2. The Bertz CT molecular complexity index is 535. The van der Waals surface area contributed by atoms with Crippen molar-refractivity contribution in [3.63, 3.8) is 0 Å². The highest BCUT2D eigenvalue weighted by atomic mass is 16.5. The molecule has 3 N–H and O–H groups in total. The molecule has 1 fully saturated rings. The molecule has 1 heterocycles. The first-order valence-electron chi connectivity index (χ1n) is 9.98. The molecule has 2 atom stereocenters. The fourth-order valence-electron chi connectivity index (χ4n) is 2.33. The lowest BCUT2D eigenvalue weighted by Gasteiger charge is -2.14. The standard InChI is InChI=1S/C13H16N2O2.C4H10O2.C4H10O/c1-2-3-9-11-12(16)14-15(13(11)17)10-7-5-4-6-8-10;1-4(6)2-3-5;1-3-5-4-2/h4-8,11H,2-3,9H2,1H3,(H,14,16);4-6H,2-3H2,1H3;3-4H2,1-2H3. The minimum absolute atomic E-state index is 0.0810. The van der Waals surface area contributed by atoms with Crippen LogP contribution in [-0.4, -0.2) is 48.0 Å². The Labute approximate surface area is 168 Å². The molecule has 2 rings (SSSR count). The zero-order valence-electron chi connectivity index (χ0n) is 17.6. The zero-order valence-corrected chi connectivity index (χ0v) is 17.6. The van der Waals surface area contributed by atoms with Crippen LogP contribution in [0.2, 0.25) is 0 Å². The highest BCUT2D eigenvalue weighted by Gasteiger charge is 2.39. The molecule has 2 unspecified atom stereocenters. The quantitative estimate of drug-likeness (QED) is 0.587. The Morgan fingerprint density at radius 1 is 1.14 bits per heavy atom. The van der Waals surface area contributed by atoms with Gasteiger partial charge in [0, 0.05) is 19.8 Å². The van der Waals surface area contributed by atoms with Gasteiger partial charge in [-0.15, -0.1) is 0 Å². The number of aliphatic hydroxyl groups excluding tert-OH is 2. The fourth-order valence-corrected chi connectivity index (χ4v) is 2.33. The summed E-state index contributed by atoms with van der Waals surface area (Å²) in [5, 5.41) is 17.8. The molecule has 28 heavy (non-hydrogen) atoms. The lowest BCUT2D eigenvalue weighted by Crippen LogP contribution is -2.35. The molecule has 1 aromatic rings. The summed E-state index contributed by atoms with van der Waals surface area (Å²) in [7, 11) is 0.